The SMILES string of the molecule is CC1=NC2=C(CN(C(=O)OCc3ccccc3)CC2)C(O)N1. The van der Waals surface area contributed by atoms with E-state index in [1.807, 2.05) is 37.3 Å². The first-order chi connectivity index (χ1) is 10.6. The van der Waals surface area contributed by atoms with Crippen LogP contribution < -0.4 is 5.32 Å². The Kier molecular flexibility index (Phi) is 4.11. The maximum atomic E-state index is 12.2. The Morgan fingerprint density at radius 2 is 2.23 bits per heavy atom. The van der Waals surface area contributed by atoms with Crippen LogP contribution in [0.1, 0.15) is 18.9 Å². The quantitative estimate of drug-likeness (QED) is 0.870. The minimum absolute atomic E-state index is 0.250. The summed E-state index contributed by atoms with van der Waals surface area (Å²) < 4.78 is 5.33. The van der Waals surface area contributed by atoms with Crippen LogP contribution in [0, 0.1) is 0 Å². The molecule has 1 atom stereocenters. The van der Waals surface area contributed by atoms with Crippen LogP contribution in [0.15, 0.2) is 46.6 Å². The first-order valence-corrected chi connectivity index (χ1v) is 7.31. The lowest BCUT2D eigenvalue weighted by molar-refractivity contribution is 0.0923. The van der Waals surface area contributed by atoms with Crippen LogP contribution in [0.5, 0.6) is 0 Å². The highest BCUT2D eigenvalue weighted by Gasteiger charge is 2.29. The molecule has 0 saturated heterocycles. The number of nitrogens with zero attached hydrogens (tertiary/aromatic N) is 2. The zero-order chi connectivity index (χ0) is 15.5. The Balaban J connectivity index is 1.61. The zero-order valence-corrected chi connectivity index (χ0v) is 12.5. The minimum Gasteiger partial charge on any atom is -0.445 e. The van der Waals surface area contributed by atoms with Crippen molar-refractivity contribution in [1.29, 1.82) is 0 Å². The standard InChI is InChI=1S/C16H19N3O3/c1-11-17-14-7-8-19(9-13(14)15(20)18-11)16(21)22-10-12-5-3-2-4-6-12/h2-6,15,20H,7-10H2,1H3,(H,17,18). The van der Waals surface area contributed by atoms with Crippen molar-refractivity contribution >= 4 is 11.9 Å². The van der Waals surface area contributed by atoms with Gasteiger partial charge in [0.15, 0.2) is 6.23 Å². The molecular weight excluding hydrogens is 282 g/mol. The number of rotatable bonds is 2. The molecule has 2 N–H and O–H groups in total. The Labute approximate surface area is 129 Å². The number of hydrogen-bond donors (Lipinski definition) is 2. The van der Waals surface area contributed by atoms with Crippen molar-refractivity contribution in [2.45, 2.75) is 26.2 Å². The van der Waals surface area contributed by atoms with E-state index in [1.54, 1.807) is 4.90 Å². The lowest BCUT2D eigenvalue weighted by Crippen LogP contribution is -2.46. The number of aliphatic hydroxyl groups excluding tert-OH is 1. The van der Waals surface area contributed by atoms with E-state index < -0.39 is 6.23 Å². The molecule has 6 nitrogen and oxygen atoms in total. The van der Waals surface area contributed by atoms with Gasteiger partial charge in [0, 0.05) is 24.2 Å². The molecule has 116 valence electrons. The summed E-state index contributed by atoms with van der Waals surface area (Å²) in [7, 11) is 0. The summed E-state index contributed by atoms with van der Waals surface area (Å²) in [6, 6.07) is 9.56. The van der Waals surface area contributed by atoms with Crippen molar-refractivity contribution in [2.75, 3.05) is 13.1 Å². The molecule has 3 rings (SSSR count). The third-order valence-corrected chi connectivity index (χ3v) is 3.79. The summed E-state index contributed by atoms with van der Waals surface area (Å²) in [5.74, 6) is 0.700. The fourth-order valence-corrected chi connectivity index (χ4v) is 2.64. The van der Waals surface area contributed by atoms with E-state index >= 15 is 0 Å². The number of nitrogens with one attached hydrogen (secondary N) is 1. The van der Waals surface area contributed by atoms with Gasteiger partial charge in [-0.15, -0.1) is 0 Å². The molecule has 2 heterocycles. The van der Waals surface area contributed by atoms with Crippen LogP contribution in [-0.2, 0) is 11.3 Å². The van der Waals surface area contributed by atoms with Gasteiger partial charge in [0.05, 0.1) is 6.54 Å². The lowest BCUT2D eigenvalue weighted by atomic mass is 10.0. The average molecular weight is 301 g/mol. The molecule has 0 aliphatic carbocycles. The largest absolute Gasteiger partial charge is 0.445 e. The highest BCUT2D eigenvalue weighted by molar-refractivity contribution is 5.82. The van der Waals surface area contributed by atoms with E-state index in [-0.39, 0.29) is 12.7 Å². The van der Waals surface area contributed by atoms with Crippen LogP contribution in [-0.4, -0.2) is 41.3 Å². The van der Waals surface area contributed by atoms with Gasteiger partial charge in [0.1, 0.15) is 12.4 Å². The van der Waals surface area contributed by atoms with Crippen molar-refractivity contribution in [1.82, 2.24) is 10.2 Å². The predicted molar refractivity (Wildman–Crippen MR) is 82.1 cm³/mol. The highest BCUT2D eigenvalue weighted by Crippen LogP contribution is 2.24. The smallest absolute Gasteiger partial charge is 0.410 e. The second kappa shape index (κ2) is 6.19. The first-order valence-electron chi connectivity index (χ1n) is 7.31. The Hall–Kier alpha value is -2.34. The van der Waals surface area contributed by atoms with Gasteiger partial charge in [-0.25, -0.2) is 9.79 Å². The van der Waals surface area contributed by atoms with Crippen LogP contribution >= 0.6 is 0 Å². The van der Waals surface area contributed by atoms with Gasteiger partial charge in [-0.3, -0.25) is 0 Å². The summed E-state index contributed by atoms with van der Waals surface area (Å²) in [5.41, 5.74) is 2.57. The van der Waals surface area contributed by atoms with Crippen molar-refractivity contribution in [3.63, 3.8) is 0 Å². The van der Waals surface area contributed by atoms with Crippen LogP contribution in [0.2, 0.25) is 0 Å². The van der Waals surface area contributed by atoms with Gasteiger partial charge in [-0.2, -0.15) is 0 Å². The molecule has 2 aliphatic rings. The van der Waals surface area contributed by atoms with Crippen molar-refractivity contribution in [3.8, 4) is 0 Å². The van der Waals surface area contributed by atoms with E-state index in [2.05, 4.69) is 10.3 Å². The molecule has 0 aromatic heterocycles. The summed E-state index contributed by atoms with van der Waals surface area (Å²) in [4.78, 5) is 18.1. The van der Waals surface area contributed by atoms with Crippen LogP contribution in [0.4, 0.5) is 4.79 Å². The average Bonchev–Trinajstić information content (AvgIpc) is 2.53. The Bertz CT molecular complexity index is 625. The molecule has 6 heteroatoms. The Morgan fingerprint density at radius 1 is 1.45 bits per heavy atom. The predicted octanol–water partition coefficient (Wildman–Crippen LogP) is 1.62. The number of aliphatic imine (C=N–C) groups is 1. The normalized spacial score (nSPS) is 20.9. The molecule has 0 fully saturated rings. The molecule has 1 aromatic carbocycles. The van der Waals surface area contributed by atoms with E-state index in [0.717, 1.165) is 16.8 Å². The number of aliphatic hydroxyl groups is 1. The molecule has 1 amide bonds. The van der Waals surface area contributed by atoms with Crippen LogP contribution in [0.3, 0.4) is 0 Å². The second-order valence-electron chi connectivity index (χ2n) is 5.43. The van der Waals surface area contributed by atoms with E-state index in [9.17, 15) is 9.90 Å². The van der Waals surface area contributed by atoms with Gasteiger partial charge in [-0.1, -0.05) is 30.3 Å². The van der Waals surface area contributed by atoms with Gasteiger partial charge in [-0.05, 0) is 12.5 Å². The molecule has 0 bridgehead atoms. The summed E-state index contributed by atoms with van der Waals surface area (Å²) >= 11 is 0. The first kappa shape index (κ1) is 14.6. The minimum atomic E-state index is -0.780. The fourth-order valence-electron chi connectivity index (χ4n) is 2.64. The van der Waals surface area contributed by atoms with Gasteiger partial charge in [0.2, 0.25) is 0 Å². The molecular formula is C16H19N3O3. The van der Waals surface area contributed by atoms with E-state index in [1.165, 1.54) is 0 Å². The number of hydrogen-bond acceptors (Lipinski definition) is 5. The van der Waals surface area contributed by atoms with Gasteiger partial charge < -0.3 is 20.1 Å². The maximum Gasteiger partial charge on any atom is 0.410 e. The molecule has 0 radical (unpaired) electrons. The zero-order valence-electron chi connectivity index (χ0n) is 12.5. The summed E-state index contributed by atoms with van der Waals surface area (Å²) in [6.45, 7) is 2.96. The summed E-state index contributed by atoms with van der Waals surface area (Å²) in [5, 5.41) is 12.9. The molecule has 0 saturated carbocycles. The monoisotopic (exact) mass is 301 g/mol. The molecule has 22 heavy (non-hydrogen) atoms. The van der Waals surface area contributed by atoms with E-state index in [4.69, 9.17) is 4.74 Å². The molecule has 1 aromatic rings. The molecule has 1 unspecified atom stereocenters. The molecule has 0 spiro atoms. The van der Waals surface area contributed by atoms with Crippen LogP contribution in [0.25, 0.3) is 0 Å². The third kappa shape index (κ3) is 3.12. The number of amides is 1. The van der Waals surface area contributed by atoms with Gasteiger partial charge in [0.25, 0.3) is 0 Å². The number of carbonyl (C=O) groups excluding carboxylic acids is 1. The third-order valence-electron chi connectivity index (χ3n) is 3.79. The number of carbonyl (C=O) groups is 1. The molecule has 2 aliphatic heterocycles. The number of amidine groups is 1. The van der Waals surface area contributed by atoms with Crippen molar-refractivity contribution in [2.24, 2.45) is 4.99 Å². The maximum absolute atomic E-state index is 12.2. The highest BCUT2D eigenvalue weighted by atomic mass is 16.6. The van der Waals surface area contributed by atoms with Gasteiger partial charge >= 0.3 is 6.09 Å². The van der Waals surface area contributed by atoms with Crippen molar-refractivity contribution in [3.05, 3.63) is 47.2 Å². The fraction of sp³-hybridized carbons (Fsp3) is 0.375. The second-order valence-corrected chi connectivity index (χ2v) is 5.43. The number of ether oxygens (including phenoxy) is 1. The van der Waals surface area contributed by atoms with E-state index in [0.29, 0.717) is 25.3 Å². The number of benzene rings is 1. The topological polar surface area (TPSA) is 74.2 Å². The van der Waals surface area contributed by atoms with Crippen molar-refractivity contribution < 1.29 is 14.6 Å². The Morgan fingerprint density at radius 3 is 3.00 bits per heavy atom. The lowest BCUT2D eigenvalue weighted by Gasteiger charge is -2.33. The summed E-state index contributed by atoms with van der Waals surface area (Å²) in [6.07, 6.45) is -0.516.